The van der Waals surface area contributed by atoms with Crippen LogP contribution >= 0.6 is 0 Å². The third-order valence-electron chi connectivity index (χ3n) is 5.03. The molecule has 1 atom stereocenters. The van der Waals surface area contributed by atoms with E-state index >= 15 is 0 Å². The number of carboxylic acid groups (broad SMARTS) is 1. The van der Waals surface area contributed by atoms with Crippen LogP contribution in [0.2, 0.25) is 0 Å². The number of nitrogens with zero attached hydrogens (tertiary/aromatic N) is 1. The summed E-state index contributed by atoms with van der Waals surface area (Å²) in [5, 5.41) is 8.80. The highest BCUT2D eigenvalue weighted by Crippen LogP contribution is 2.30. The normalized spacial score (nSPS) is 15.4. The van der Waals surface area contributed by atoms with Crippen molar-refractivity contribution in [2.75, 3.05) is 20.3 Å². The minimum Gasteiger partial charge on any atom is -0.490 e. The fourth-order valence-corrected chi connectivity index (χ4v) is 3.55. The number of fused-ring (bicyclic) bond motifs is 1. The van der Waals surface area contributed by atoms with Crippen molar-refractivity contribution in [1.29, 1.82) is 0 Å². The second-order valence-corrected chi connectivity index (χ2v) is 6.86. The quantitative estimate of drug-likeness (QED) is 0.795. The van der Waals surface area contributed by atoms with Crippen LogP contribution in [0.1, 0.15) is 34.8 Å². The predicted molar refractivity (Wildman–Crippen MR) is 105 cm³/mol. The third kappa shape index (κ3) is 4.44. The lowest BCUT2D eigenvalue weighted by molar-refractivity contribution is -0.139. The van der Waals surface area contributed by atoms with Crippen LogP contribution in [-0.2, 0) is 17.6 Å². The number of carbonyl (C=O) groups excluding carboxylic acids is 1. The van der Waals surface area contributed by atoms with Gasteiger partial charge in [-0.3, -0.25) is 4.79 Å². The van der Waals surface area contributed by atoms with Crippen LogP contribution in [0.5, 0.6) is 11.5 Å². The zero-order valence-corrected chi connectivity index (χ0v) is 16.2. The highest BCUT2D eigenvalue weighted by molar-refractivity contribution is 5.95. The first-order valence-electron chi connectivity index (χ1n) is 9.45. The molecule has 0 saturated heterocycles. The SMILES string of the molecule is CCOc1cc(C(=O)N(C)C2CCc3ccccc3C2)ccc1OCC(=O)O. The van der Waals surface area contributed by atoms with Gasteiger partial charge in [0.25, 0.3) is 5.91 Å². The second-order valence-electron chi connectivity index (χ2n) is 6.86. The Hall–Kier alpha value is -3.02. The lowest BCUT2D eigenvalue weighted by Crippen LogP contribution is -2.40. The summed E-state index contributed by atoms with van der Waals surface area (Å²) >= 11 is 0. The van der Waals surface area contributed by atoms with Gasteiger partial charge in [-0.05, 0) is 55.5 Å². The molecular formula is C22H25NO5. The minimum absolute atomic E-state index is 0.0879. The van der Waals surface area contributed by atoms with Gasteiger partial charge in [-0.15, -0.1) is 0 Å². The van der Waals surface area contributed by atoms with E-state index in [0.717, 1.165) is 19.3 Å². The van der Waals surface area contributed by atoms with Crippen molar-refractivity contribution in [2.45, 2.75) is 32.2 Å². The van der Waals surface area contributed by atoms with E-state index in [0.29, 0.717) is 23.7 Å². The first kappa shape index (κ1) is 19.7. The average Bonchev–Trinajstić information content (AvgIpc) is 2.71. The summed E-state index contributed by atoms with van der Waals surface area (Å²) in [6.07, 6.45) is 2.73. The molecule has 0 heterocycles. The lowest BCUT2D eigenvalue weighted by Gasteiger charge is -2.32. The van der Waals surface area contributed by atoms with E-state index in [-0.39, 0.29) is 11.9 Å². The Morgan fingerprint density at radius 2 is 1.86 bits per heavy atom. The van der Waals surface area contributed by atoms with Gasteiger partial charge in [0.1, 0.15) is 0 Å². The van der Waals surface area contributed by atoms with Crippen molar-refractivity contribution in [3.63, 3.8) is 0 Å². The van der Waals surface area contributed by atoms with Gasteiger partial charge < -0.3 is 19.5 Å². The van der Waals surface area contributed by atoms with Crippen LogP contribution < -0.4 is 9.47 Å². The van der Waals surface area contributed by atoms with Gasteiger partial charge in [0, 0.05) is 18.7 Å². The van der Waals surface area contributed by atoms with Gasteiger partial charge in [-0.25, -0.2) is 4.79 Å². The standard InChI is InChI=1S/C22H25NO5/c1-3-27-20-13-17(9-11-19(20)28-14-21(24)25)22(26)23(2)18-10-8-15-6-4-5-7-16(15)12-18/h4-7,9,11,13,18H,3,8,10,12,14H2,1-2H3,(H,24,25). The molecule has 1 aliphatic rings. The molecule has 148 valence electrons. The Labute approximate surface area is 164 Å². The Kier molecular flexibility index (Phi) is 6.19. The number of likely N-dealkylation sites (N-methyl/N-ethyl adjacent to an activating group) is 1. The van der Waals surface area contributed by atoms with Gasteiger partial charge in [0.2, 0.25) is 0 Å². The zero-order valence-electron chi connectivity index (χ0n) is 16.2. The second kappa shape index (κ2) is 8.78. The maximum absolute atomic E-state index is 13.0. The number of aliphatic carboxylic acids is 1. The summed E-state index contributed by atoms with van der Waals surface area (Å²) in [4.78, 5) is 25.6. The summed E-state index contributed by atoms with van der Waals surface area (Å²) in [5.41, 5.74) is 3.15. The Balaban J connectivity index is 1.76. The van der Waals surface area contributed by atoms with Crippen molar-refractivity contribution in [2.24, 2.45) is 0 Å². The van der Waals surface area contributed by atoms with Gasteiger partial charge >= 0.3 is 5.97 Å². The van der Waals surface area contributed by atoms with Crippen LogP contribution in [0.25, 0.3) is 0 Å². The monoisotopic (exact) mass is 383 g/mol. The van der Waals surface area contributed by atoms with Crippen molar-refractivity contribution >= 4 is 11.9 Å². The summed E-state index contributed by atoms with van der Waals surface area (Å²) in [5.74, 6) is -0.470. The van der Waals surface area contributed by atoms with Gasteiger partial charge in [0.15, 0.2) is 18.1 Å². The zero-order chi connectivity index (χ0) is 20.1. The number of aryl methyl sites for hydroxylation is 1. The molecule has 0 radical (unpaired) electrons. The summed E-state index contributed by atoms with van der Waals surface area (Å²) in [6, 6.07) is 13.4. The molecule has 0 fully saturated rings. The van der Waals surface area contributed by atoms with Crippen LogP contribution in [0, 0.1) is 0 Å². The molecule has 1 amide bonds. The molecule has 6 heteroatoms. The van der Waals surface area contributed by atoms with Gasteiger partial charge in [-0.1, -0.05) is 24.3 Å². The smallest absolute Gasteiger partial charge is 0.341 e. The van der Waals surface area contributed by atoms with Crippen molar-refractivity contribution < 1.29 is 24.2 Å². The summed E-state index contributed by atoms with van der Waals surface area (Å²) < 4.78 is 10.8. The Morgan fingerprint density at radius 1 is 1.11 bits per heavy atom. The number of carbonyl (C=O) groups is 2. The van der Waals surface area contributed by atoms with Crippen LogP contribution in [0.3, 0.4) is 0 Å². The molecule has 6 nitrogen and oxygen atoms in total. The number of amides is 1. The molecule has 0 bridgehead atoms. The van der Waals surface area contributed by atoms with E-state index in [1.54, 1.807) is 23.1 Å². The predicted octanol–water partition coefficient (Wildman–Crippen LogP) is 3.18. The molecule has 28 heavy (non-hydrogen) atoms. The Bertz CT molecular complexity index is 864. The number of hydrogen-bond acceptors (Lipinski definition) is 4. The van der Waals surface area contributed by atoms with E-state index in [4.69, 9.17) is 14.6 Å². The van der Waals surface area contributed by atoms with Crippen molar-refractivity contribution in [3.8, 4) is 11.5 Å². The van der Waals surface area contributed by atoms with Crippen LogP contribution in [0.4, 0.5) is 0 Å². The summed E-state index contributed by atoms with van der Waals surface area (Å²) in [7, 11) is 1.83. The van der Waals surface area contributed by atoms with E-state index in [9.17, 15) is 9.59 Å². The lowest BCUT2D eigenvalue weighted by atomic mass is 9.87. The first-order chi connectivity index (χ1) is 13.5. The highest BCUT2D eigenvalue weighted by Gasteiger charge is 2.26. The fraction of sp³-hybridized carbons (Fsp3) is 0.364. The van der Waals surface area contributed by atoms with Crippen LogP contribution in [0.15, 0.2) is 42.5 Å². The first-order valence-corrected chi connectivity index (χ1v) is 9.45. The maximum atomic E-state index is 13.0. The molecule has 0 aliphatic heterocycles. The minimum atomic E-state index is -1.07. The molecule has 1 N–H and O–H groups in total. The number of rotatable bonds is 7. The summed E-state index contributed by atoms with van der Waals surface area (Å²) in [6.45, 7) is 1.74. The van der Waals surface area contributed by atoms with Crippen molar-refractivity contribution in [1.82, 2.24) is 4.90 Å². The molecule has 0 aromatic heterocycles. The van der Waals surface area contributed by atoms with Crippen molar-refractivity contribution in [3.05, 3.63) is 59.2 Å². The van der Waals surface area contributed by atoms with E-state index in [1.165, 1.54) is 11.1 Å². The average molecular weight is 383 g/mol. The van der Waals surface area contributed by atoms with Gasteiger partial charge in [-0.2, -0.15) is 0 Å². The van der Waals surface area contributed by atoms with Crippen LogP contribution in [-0.4, -0.2) is 48.2 Å². The highest BCUT2D eigenvalue weighted by atomic mass is 16.5. The molecule has 0 spiro atoms. The van der Waals surface area contributed by atoms with Gasteiger partial charge in [0.05, 0.1) is 6.61 Å². The molecule has 1 aliphatic carbocycles. The number of benzene rings is 2. The van der Waals surface area contributed by atoms with E-state index < -0.39 is 12.6 Å². The fourth-order valence-electron chi connectivity index (χ4n) is 3.55. The molecule has 0 saturated carbocycles. The number of ether oxygens (including phenoxy) is 2. The molecule has 1 unspecified atom stereocenters. The number of hydrogen-bond donors (Lipinski definition) is 1. The Morgan fingerprint density at radius 3 is 2.57 bits per heavy atom. The maximum Gasteiger partial charge on any atom is 0.341 e. The number of carboxylic acids is 1. The molecule has 2 aromatic rings. The van der Waals surface area contributed by atoms with E-state index in [2.05, 4.69) is 18.2 Å². The molecular weight excluding hydrogens is 358 g/mol. The molecule has 2 aromatic carbocycles. The molecule has 3 rings (SSSR count). The topological polar surface area (TPSA) is 76.1 Å². The largest absolute Gasteiger partial charge is 0.490 e. The third-order valence-corrected chi connectivity index (χ3v) is 5.03. The van der Waals surface area contributed by atoms with E-state index in [1.807, 2.05) is 20.0 Å².